The number of halogens is 1. The number of ether oxygens (including phenoxy) is 1. The first-order valence-corrected chi connectivity index (χ1v) is 17.7. The Morgan fingerprint density at radius 2 is 2.02 bits per heavy atom. The molecule has 0 radical (unpaired) electrons. The van der Waals surface area contributed by atoms with E-state index in [9.17, 15) is 4.79 Å². The van der Waals surface area contributed by atoms with Crippen LogP contribution in [0.4, 0.5) is 4.39 Å². The van der Waals surface area contributed by atoms with E-state index in [4.69, 9.17) is 15.2 Å². The molecule has 3 heterocycles. The van der Waals surface area contributed by atoms with Gasteiger partial charge in [0.1, 0.15) is 11.9 Å². The van der Waals surface area contributed by atoms with Gasteiger partial charge in [0.2, 0.25) is 0 Å². The number of aromatic nitrogens is 2. The molecule has 1 saturated heterocycles. The van der Waals surface area contributed by atoms with Crippen LogP contribution < -0.4 is 5.32 Å². The molecule has 1 N–H and O–H groups in total. The maximum Gasteiger partial charge on any atom is 0.259 e. The van der Waals surface area contributed by atoms with Crippen molar-refractivity contribution in [3.05, 3.63) is 48.7 Å². The molecule has 1 aromatic carbocycles. The monoisotopic (exact) mass is 654 g/mol. The third-order valence-corrected chi connectivity index (χ3v) is 12.4. The van der Waals surface area contributed by atoms with Crippen LogP contribution in [0.1, 0.15) is 62.3 Å². The maximum atomic E-state index is 16.1. The summed E-state index contributed by atoms with van der Waals surface area (Å²) in [5.74, 6) is -0.131. The van der Waals surface area contributed by atoms with E-state index in [1.807, 2.05) is 28.7 Å². The third-order valence-electron chi connectivity index (χ3n) is 6.83. The number of aryl methyl sites for hydroxylation is 1. The van der Waals surface area contributed by atoms with E-state index in [1.165, 1.54) is 17.2 Å². The summed E-state index contributed by atoms with van der Waals surface area (Å²) in [4.78, 5) is 18.9. The molecule has 4 rings (SSSR count). The minimum absolute atomic E-state index is 0.0610. The van der Waals surface area contributed by atoms with Gasteiger partial charge < -0.3 is 28.6 Å². The van der Waals surface area contributed by atoms with Gasteiger partial charge in [0.05, 0.1) is 30.1 Å². The summed E-state index contributed by atoms with van der Waals surface area (Å²) in [6, 6.07) is 4.43. The summed E-state index contributed by atoms with van der Waals surface area (Å²) in [5, 5.41) is 2.57. The fourth-order valence-corrected chi connectivity index (χ4v) is 8.89. The lowest BCUT2D eigenvalue weighted by molar-refractivity contribution is -0.117. The molecule has 0 aliphatic carbocycles. The van der Waals surface area contributed by atoms with Gasteiger partial charge in [0.25, 0.3) is 14.4 Å². The molecule has 9 nitrogen and oxygen atoms in total. The number of rotatable bonds is 12. The zero-order chi connectivity index (χ0) is 32.3. The maximum absolute atomic E-state index is 16.1. The molecule has 43 heavy (non-hydrogen) atoms. The number of carbonyl (C=O) groups excluding carboxylic acids is 1. The van der Waals surface area contributed by atoms with Gasteiger partial charge in [-0.3, -0.25) is 4.79 Å². The second-order valence-electron chi connectivity index (χ2n) is 12.2. The Balaban J connectivity index is 1.55. The average molecular weight is 655 g/mol. The second-order valence-corrected chi connectivity index (χ2v) is 16.6. The predicted octanol–water partition coefficient (Wildman–Crippen LogP) is 6.90. The van der Waals surface area contributed by atoms with Gasteiger partial charge in [-0.25, -0.2) is 14.0 Å². The number of amides is 1. The molecule has 2 aliphatic heterocycles. The smallest absolute Gasteiger partial charge is 0.259 e. The van der Waals surface area contributed by atoms with Crippen molar-refractivity contribution in [1.82, 2.24) is 24.4 Å². The van der Waals surface area contributed by atoms with Gasteiger partial charge in [-0.05, 0) is 58.7 Å². The molecule has 0 saturated carbocycles. The summed E-state index contributed by atoms with van der Waals surface area (Å²) in [6.07, 6.45) is 0.611. The van der Waals surface area contributed by atoms with Crippen LogP contribution >= 0.6 is 30.1 Å². The van der Waals surface area contributed by atoms with Gasteiger partial charge in [-0.15, -0.1) is 0 Å². The van der Waals surface area contributed by atoms with E-state index >= 15 is 4.39 Å². The fraction of sp³-hybridized carbons (Fsp3) is 0.600. The van der Waals surface area contributed by atoms with Crippen LogP contribution in [-0.4, -0.2) is 73.1 Å². The summed E-state index contributed by atoms with van der Waals surface area (Å²) >= 11 is 0. The van der Waals surface area contributed by atoms with Crippen LogP contribution in [0.15, 0.2) is 48.0 Å². The minimum Gasteiger partial charge on any atom is -0.349 e. The molecule has 2 aliphatic rings. The summed E-state index contributed by atoms with van der Waals surface area (Å²) < 4.78 is 47.4. The number of imidazole rings is 1. The summed E-state index contributed by atoms with van der Waals surface area (Å²) in [6.45, 7) is 18.8. The van der Waals surface area contributed by atoms with E-state index in [0.29, 0.717) is 13.0 Å². The number of carbonyl (C=O) groups is 1. The molecule has 13 heteroatoms. The Hall–Kier alpha value is -1.66. The standard InChI is InChI=1S/C30H45FN5O4PS2/c1-18(2)36(19(3)4)41(40-28-20(5)39-29(27(28)31)35-13-11-26(37)33-21(35)6)38-14-12-22-15-23-24(34(10)17-32-23)16-25(22)42-43-30(7,8)9/h11,13,15-20,27-29H,6,12,14H2,1-5,7-10H3,(H,33,37)/t20-,27?,28+,29-,41?/m1/s1/i5D. The van der Waals surface area contributed by atoms with Crippen molar-refractivity contribution in [1.29, 1.82) is 0 Å². The fourth-order valence-electron chi connectivity index (χ4n) is 4.87. The number of nitrogens with zero attached hydrogens (tertiary/aromatic N) is 4. The van der Waals surface area contributed by atoms with Gasteiger partial charge in [0.15, 0.2) is 12.4 Å². The highest BCUT2D eigenvalue weighted by Gasteiger charge is 2.49. The van der Waals surface area contributed by atoms with Gasteiger partial charge in [-0.2, -0.15) is 0 Å². The first-order valence-electron chi connectivity index (χ1n) is 15.1. The molecule has 0 spiro atoms. The van der Waals surface area contributed by atoms with Crippen LogP contribution in [0.5, 0.6) is 0 Å². The van der Waals surface area contributed by atoms with Gasteiger partial charge in [0, 0.05) is 42.4 Å². The van der Waals surface area contributed by atoms with Crippen molar-refractivity contribution in [3.8, 4) is 0 Å². The van der Waals surface area contributed by atoms with Crippen molar-refractivity contribution in [2.24, 2.45) is 7.05 Å². The Labute approximate surface area is 265 Å². The molecule has 238 valence electrons. The Morgan fingerprint density at radius 3 is 2.65 bits per heavy atom. The number of alkyl halides is 1. The van der Waals surface area contributed by atoms with Crippen molar-refractivity contribution in [2.75, 3.05) is 6.61 Å². The van der Waals surface area contributed by atoms with Crippen LogP contribution in [0.3, 0.4) is 0 Å². The first-order chi connectivity index (χ1) is 20.7. The molecular formula is C30H45FN5O4PS2. The van der Waals surface area contributed by atoms with E-state index in [1.54, 1.807) is 10.8 Å². The zero-order valence-corrected chi connectivity index (χ0v) is 28.8. The van der Waals surface area contributed by atoms with Crippen molar-refractivity contribution in [2.45, 2.75) is 108 Å². The molecule has 1 aromatic heterocycles. The Kier molecular flexibility index (Phi) is 10.8. The summed E-state index contributed by atoms with van der Waals surface area (Å²) in [5.41, 5.74) is 3.12. The van der Waals surface area contributed by atoms with E-state index in [-0.39, 0.29) is 35.5 Å². The Bertz CT molecular complexity index is 1350. The van der Waals surface area contributed by atoms with Crippen LogP contribution in [0.25, 0.3) is 11.0 Å². The summed E-state index contributed by atoms with van der Waals surface area (Å²) in [7, 11) is 3.84. The largest absolute Gasteiger partial charge is 0.349 e. The number of benzene rings is 1. The van der Waals surface area contributed by atoms with Gasteiger partial charge in [-0.1, -0.05) is 48.9 Å². The van der Waals surface area contributed by atoms with Gasteiger partial charge >= 0.3 is 0 Å². The number of fused-ring (bicyclic) bond motifs is 1. The van der Waals surface area contributed by atoms with E-state index in [0.717, 1.165) is 21.5 Å². The zero-order valence-electron chi connectivity index (χ0n) is 27.2. The molecule has 1 amide bonds. The number of hydrogen-bond acceptors (Lipinski definition) is 9. The topological polar surface area (TPSA) is 81.1 Å². The van der Waals surface area contributed by atoms with E-state index < -0.39 is 33.1 Å². The van der Waals surface area contributed by atoms with Crippen LogP contribution in [-0.2, 0) is 32.0 Å². The van der Waals surface area contributed by atoms with Crippen molar-refractivity contribution >= 4 is 47.1 Å². The van der Waals surface area contributed by atoms with Crippen molar-refractivity contribution in [3.63, 3.8) is 0 Å². The Morgan fingerprint density at radius 1 is 1.30 bits per heavy atom. The lowest BCUT2D eigenvalue weighted by Crippen LogP contribution is -2.45. The minimum atomic E-state index is -1.72. The van der Waals surface area contributed by atoms with Crippen LogP contribution in [0, 0.1) is 0 Å². The predicted molar refractivity (Wildman–Crippen MR) is 175 cm³/mol. The van der Waals surface area contributed by atoms with Crippen LogP contribution in [0.2, 0.25) is 0 Å². The van der Waals surface area contributed by atoms with Crippen molar-refractivity contribution < 1.29 is 24.3 Å². The SMILES string of the molecule is [2H]C[C@H]1O[C@@H](N2C=CC(=O)NC2=C)C(F)[C@H]1OP(OCCc1cc2ncn(C)c2cc1SSC(C)(C)C)N(C(C)C)C(C)C. The quantitative estimate of drug-likeness (QED) is 0.194. The van der Waals surface area contributed by atoms with E-state index in [2.05, 4.69) is 82.1 Å². The lowest BCUT2D eigenvalue weighted by Gasteiger charge is -2.37. The first kappa shape index (κ1) is 32.7. The number of hydrogen-bond donors (Lipinski definition) is 1. The molecule has 5 atom stereocenters. The third kappa shape index (κ3) is 8.34. The highest BCUT2D eigenvalue weighted by Crippen LogP contribution is 2.50. The lowest BCUT2D eigenvalue weighted by atomic mass is 10.1. The normalized spacial score (nSPS) is 24.1. The molecule has 2 aromatic rings. The molecule has 2 unspecified atom stereocenters. The number of nitrogens with one attached hydrogen (secondary N) is 1. The molecular weight excluding hydrogens is 608 g/mol. The second kappa shape index (κ2) is 14.2. The average Bonchev–Trinajstić information content (AvgIpc) is 3.44. The highest BCUT2D eigenvalue weighted by molar-refractivity contribution is 8.77. The molecule has 1 fully saturated rings. The molecule has 0 bridgehead atoms. The highest BCUT2D eigenvalue weighted by atomic mass is 33.1.